The highest BCUT2D eigenvalue weighted by Crippen LogP contribution is 2.31. The van der Waals surface area contributed by atoms with Crippen molar-refractivity contribution in [2.75, 3.05) is 11.5 Å². The molecule has 0 aliphatic carbocycles. The molecule has 0 atom stereocenters. The molecule has 1 aliphatic heterocycles. The van der Waals surface area contributed by atoms with Crippen molar-refractivity contribution in [1.29, 1.82) is 0 Å². The highest BCUT2D eigenvalue weighted by atomic mass is 32.2. The van der Waals surface area contributed by atoms with E-state index in [4.69, 9.17) is 5.11 Å². The summed E-state index contributed by atoms with van der Waals surface area (Å²) in [6.07, 6.45) is -0.111. The Morgan fingerprint density at radius 3 is 2.33 bits per heavy atom. The van der Waals surface area contributed by atoms with E-state index >= 15 is 0 Å². The summed E-state index contributed by atoms with van der Waals surface area (Å²) in [5.41, 5.74) is -0.892. The van der Waals surface area contributed by atoms with Gasteiger partial charge in [-0.1, -0.05) is 0 Å². The molecule has 1 aliphatic rings. The minimum absolute atomic E-state index is 0.111. The molecule has 3 nitrogen and oxygen atoms in total. The summed E-state index contributed by atoms with van der Waals surface area (Å²) >= 11 is 1.57. The maximum absolute atomic E-state index is 10.0. The smallest absolute Gasteiger partial charge is 0.306 e. The molecule has 0 aromatic rings. The number of hydrogen-bond acceptors (Lipinski definition) is 3. The van der Waals surface area contributed by atoms with Crippen molar-refractivity contribution in [2.24, 2.45) is 0 Å². The van der Waals surface area contributed by atoms with Crippen molar-refractivity contribution in [2.45, 2.75) is 12.0 Å². The van der Waals surface area contributed by atoms with Crippen LogP contribution in [0.3, 0.4) is 0 Å². The standard InChI is InChI=1S/C5H8O3S/c6-4(7)1-5(8)2-9-3-5/h8H,1-3H2,(H,6,7). The lowest BCUT2D eigenvalue weighted by Gasteiger charge is -2.34. The van der Waals surface area contributed by atoms with Crippen LogP contribution in [0.25, 0.3) is 0 Å². The highest BCUT2D eigenvalue weighted by molar-refractivity contribution is 8.00. The first-order valence-electron chi connectivity index (χ1n) is 2.64. The van der Waals surface area contributed by atoms with Crippen LogP contribution >= 0.6 is 11.8 Å². The van der Waals surface area contributed by atoms with Crippen LogP contribution in [0.5, 0.6) is 0 Å². The van der Waals surface area contributed by atoms with Crippen LogP contribution in [0.4, 0.5) is 0 Å². The average molecular weight is 148 g/mol. The SMILES string of the molecule is O=C(O)CC1(O)CSC1. The van der Waals surface area contributed by atoms with Crippen LogP contribution in [0, 0.1) is 0 Å². The second-order valence-electron chi connectivity index (χ2n) is 2.29. The molecule has 1 heterocycles. The summed E-state index contributed by atoms with van der Waals surface area (Å²) in [5, 5.41) is 17.4. The topological polar surface area (TPSA) is 57.5 Å². The summed E-state index contributed by atoms with van der Waals surface area (Å²) in [7, 11) is 0. The van der Waals surface area contributed by atoms with Crippen LogP contribution in [0.15, 0.2) is 0 Å². The van der Waals surface area contributed by atoms with Crippen LogP contribution < -0.4 is 0 Å². The van der Waals surface area contributed by atoms with Crippen LogP contribution in [-0.4, -0.2) is 33.3 Å². The molecule has 1 rings (SSSR count). The fourth-order valence-electron chi connectivity index (χ4n) is 0.721. The van der Waals surface area contributed by atoms with Crippen molar-refractivity contribution in [3.8, 4) is 0 Å². The zero-order valence-corrected chi connectivity index (χ0v) is 5.65. The van der Waals surface area contributed by atoms with Crippen LogP contribution in [-0.2, 0) is 4.79 Å². The van der Waals surface area contributed by atoms with Crippen molar-refractivity contribution < 1.29 is 15.0 Å². The molecule has 0 amide bonds. The molecule has 1 fully saturated rings. The second-order valence-corrected chi connectivity index (χ2v) is 3.27. The minimum Gasteiger partial charge on any atom is -0.481 e. The van der Waals surface area contributed by atoms with E-state index in [1.807, 2.05) is 0 Å². The fraction of sp³-hybridized carbons (Fsp3) is 0.800. The number of aliphatic carboxylic acids is 1. The summed E-state index contributed by atoms with van der Waals surface area (Å²) in [6, 6.07) is 0. The Morgan fingerprint density at radius 2 is 2.22 bits per heavy atom. The summed E-state index contributed by atoms with van der Waals surface area (Å²) in [4.78, 5) is 10.0. The predicted molar refractivity (Wildman–Crippen MR) is 34.5 cm³/mol. The molecule has 0 aromatic carbocycles. The quantitative estimate of drug-likeness (QED) is 0.576. The van der Waals surface area contributed by atoms with Gasteiger partial charge in [0.15, 0.2) is 0 Å². The van der Waals surface area contributed by atoms with E-state index in [0.29, 0.717) is 11.5 Å². The van der Waals surface area contributed by atoms with E-state index in [-0.39, 0.29) is 6.42 Å². The van der Waals surface area contributed by atoms with Gasteiger partial charge in [-0.3, -0.25) is 4.79 Å². The Balaban J connectivity index is 2.33. The monoisotopic (exact) mass is 148 g/mol. The molecule has 0 spiro atoms. The van der Waals surface area contributed by atoms with E-state index in [1.165, 1.54) is 0 Å². The summed E-state index contributed by atoms with van der Waals surface area (Å²) in [6.45, 7) is 0. The van der Waals surface area contributed by atoms with Gasteiger partial charge in [0.2, 0.25) is 0 Å². The van der Waals surface area contributed by atoms with Crippen LogP contribution in [0.2, 0.25) is 0 Å². The van der Waals surface area contributed by atoms with Crippen molar-refractivity contribution in [3.63, 3.8) is 0 Å². The summed E-state index contributed by atoms with van der Waals surface area (Å²) in [5.74, 6) is 0.219. The normalized spacial score (nSPS) is 22.8. The molecule has 0 aromatic heterocycles. The van der Waals surface area contributed by atoms with E-state index in [2.05, 4.69) is 0 Å². The minimum atomic E-state index is -0.919. The van der Waals surface area contributed by atoms with Gasteiger partial charge in [-0.25, -0.2) is 0 Å². The molecule has 0 radical (unpaired) electrons. The van der Waals surface area contributed by atoms with Gasteiger partial charge >= 0.3 is 5.97 Å². The number of thioether (sulfide) groups is 1. The zero-order chi connectivity index (χ0) is 6.91. The van der Waals surface area contributed by atoms with Crippen molar-refractivity contribution >= 4 is 17.7 Å². The van der Waals surface area contributed by atoms with Gasteiger partial charge in [0.25, 0.3) is 0 Å². The number of carbonyl (C=O) groups is 1. The van der Waals surface area contributed by atoms with E-state index in [9.17, 15) is 9.90 Å². The number of rotatable bonds is 2. The van der Waals surface area contributed by atoms with Gasteiger partial charge in [0.1, 0.15) is 0 Å². The highest BCUT2D eigenvalue weighted by Gasteiger charge is 2.37. The Kier molecular flexibility index (Phi) is 1.68. The Bertz CT molecular complexity index is 130. The maximum Gasteiger partial charge on any atom is 0.306 e. The van der Waals surface area contributed by atoms with Gasteiger partial charge in [-0.15, -0.1) is 0 Å². The zero-order valence-electron chi connectivity index (χ0n) is 4.83. The Morgan fingerprint density at radius 1 is 1.67 bits per heavy atom. The molecule has 2 N–H and O–H groups in total. The molecule has 9 heavy (non-hydrogen) atoms. The number of carboxylic acid groups (broad SMARTS) is 1. The van der Waals surface area contributed by atoms with Gasteiger partial charge in [-0.2, -0.15) is 11.8 Å². The van der Waals surface area contributed by atoms with E-state index in [1.54, 1.807) is 11.8 Å². The largest absolute Gasteiger partial charge is 0.481 e. The third kappa shape index (κ3) is 1.59. The van der Waals surface area contributed by atoms with Gasteiger partial charge in [0, 0.05) is 11.5 Å². The predicted octanol–water partition coefficient (Wildman–Crippen LogP) is -0.0610. The molecular weight excluding hydrogens is 140 g/mol. The molecule has 52 valence electrons. The number of carboxylic acids is 1. The molecule has 4 heteroatoms. The lowest BCUT2D eigenvalue weighted by Crippen LogP contribution is -2.44. The average Bonchev–Trinajstić information content (AvgIpc) is 1.60. The van der Waals surface area contributed by atoms with Crippen molar-refractivity contribution in [3.05, 3.63) is 0 Å². The molecular formula is C5H8O3S. The molecule has 0 bridgehead atoms. The third-order valence-corrected chi connectivity index (χ3v) is 2.70. The van der Waals surface area contributed by atoms with Crippen molar-refractivity contribution in [1.82, 2.24) is 0 Å². The first kappa shape index (κ1) is 6.89. The number of hydrogen-bond donors (Lipinski definition) is 2. The lowest BCUT2D eigenvalue weighted by molar-refractivity contribution is -0.141. The van der Waals surface area contributed by atoms with Gasteiger partial charge in [0.05, 0.1) is 12.0 Å². The number of aliphatic hydroxyl groups is 1. The first-order valence-corrected chi connectivity index (χ1v) is 3.80. The van der Waals surface area contributed by atoms with Gasteiger partial charge < -0.3 is 10.2 Å². The van der Waals surface area contributed by atoms with E-state index < -0.39 is 11.6 Å². The summed E-state index contributed by atoms with van der Waals surface area (Å²) < 4.78 is 0. The molecule has 0 unspecified atom stereocenters. The van der Waals surface area contributed by atoms with E-state index in [0.717, 1.165) is 0 Å². The maximum atomic E-state index is 10.0. The molecule has 1 saturated heterocycles. The third-order valence-electron chi connectivity index (χ3n) is 1.22. The van der Waals surface area contributed by atoms with Crippen LogP contribution in [0.1, 0.15) is 6.42 Å². The molecule has 0 saturated carbocycles. The Labute approximate surface area is 57.1 Å². The lowest BCUT2D eigenvalue weighted by atomic mass is 10.0. The first-order chi connectivity index (χ1) is 4.12. The fourth-order valence-corrected chi connectivity index (χ4v) is 1.60. The van der Waals surface area contributed by atoms with Gasteiger partial charge in [-0.05, 0) is 0 Å². The Hall–Kier alpha value is -0.220. The second kappa shape index (κ2) is 2.19.